The maximum Gasteiger partial charge on any atom is 2.00 e. The largest absolute Gasteiger partial charge is 2.00 e. The second kappa shape index (κ2) is 9.22. The Balaban J connectivity index is 0. The summed E-state index contributed by atoms with van der Waals surface area (Å²) >= 11 is 1.59. The Morgan fingerprint density at radius 1 is 1.30 bits per heavy atom. The smallest absolute Gasteiger partial charge is 0.323 e. The molecule has 0 atom stereocenters. The molecule has 0 N–H and O–H groups in total. The monoisotopic (exact) mass is 203 g/mol. The van der Waals surface area contributed by atoms with E-state index in [1.54, 1.807) is 11.3 Å². The number of thiophene rings is 1. The zero-order valence-electron chi connectivity index (χ0n) is 6.44. The summed E-state index contributed by atoms with van der Waals surface area (Å²) in [6.07, 6.45) is 0. The average molecular weight is 204 g/mol. The van der Waals surface area contributed by atoms with Gasteiger partial charge in [-0.1, -0.05) is 0 Å². The number of hydrogen-bond donors (Lipinski definition) is 0. The molecular formula is C8H12CuS. The van der Waals surface area contributed by atoms with Gasteiger partial charge in [0.1, 0.15) is 0 Å². The molecule has 10 heavy (non-hydrogen) atoms. The quantitative estimate of drug-likeness (QED) is 0.449. The van der Waals surface area contributed by atoms with E-state index in [0.29, 0.717) is 0 Å². The normalized spacial score (nSPS) is 7.60. The van der Waals surface area contributed by atoms with Crippen LogP contribution in [0.3, 0.4) is 0 Å². The predicted molar refractivity (Wildman–Crippen MR) is 43.4 cm³/mol. The summed E-state index contributed by atoms with van der Waals surface area (Å²) in [5.74, 6) is 1.42. The summed E-state index contributed by atoms with van der Waals surface area (Å²) in [6, 6.07) is 3.86. The van der Waals surface area contributed by atoms with Crippen LogP contribution in [0.2, 0.25) is 0 Å². The first kappa shape index (κ1) is 12.9. The van der Waals surface area contributed by atoms with Crippen molar-refractivity contribution in [3.63, 3.8) is 0 Å². The van der Waals surface area contributed by atoms with Crippen LogP contribution in [0.15, 0.2) is 17.5 Å². The van der Waals surface area contributed by atoms with Crippen LogP contribution in [0.25, 0.3) is 0 Å². The third-order valence-corrected chi connectivity index (χ3v) is 0.944. The molecule has 0 aliphatic rings. The first-order valence-electron chi connectivity index (χ1n) is 2.90. The molecule has 0 bridgehead atoms. The van der Waals surface area contributed by atoms with Crippen molar-refractivity contribution in [1.82, 2.24) is 0 Å². The summed E-state index contributed by atoms with van der Waals surface area (Å²) in [6.45, 7) is 6.25. The topological polar surface area (TPSA) is 0 Å². The zero-order valence-corrected chi connectivity index (χ0v) is 8.20. The molecule has 1 radical (unpaired) electrons. The first-order chi connectivity index (χ1) is 4.23. The molecule has 0 aromatic carbocycles. The third-order valence-electron chi connectivity index (χ3n) is 0.379. The van der Waals surface area contributed by atoms with Crippen LogP contribution >= 0.6 is 11.3 Å². The number of hydrogen-bond acceptors (Lipinski definition) is 1. The summed E-state index contributed by atoms with van der Waals surface area (Å²) in [7, 11) is 0. The fourth-order valence-electron chi connectivity index (χ4n) is 0.196. The molecule has 1 aromatic rings. The zero-order chi connectivity index (χ0) is 7.11. The molecule has 0 saturated carbocycles. The van der Waals surface area contributed by atoms with Crippen LogP contribution in [0, 0.1) is 11.3 Å². The summed E-state index contributed by atoms with van der Waals surface area (Å²) in [5, 5.41) is 4.89. The van der Waals surface area contributed by atoms with E-state index in [1.807, 2.05) is 17.5 Å². The maximum absolute atomic E-state index is 2.90. The van der Waals surface area contributed by atoms with Crippen molar-refractivity contribution in [2.24, 2.45) is 0 Å². The van der Waals surface area contributed by atoms with E-state index in [-0.39, 0.29) is 17.1 Å². The molecule has 2 heteroatoms. The van der Waals surface area contributed by atoms with Crippen molar-refractivity contribution < 1.29 is 17.1 Å². The average Bonchev–Trinajstić information content (AvgIpc) is 2.11. The molecule has 0 aliphatic carbocycles. The Hall–Kier alpha value is 0.219. The summed E-state index contributed by atoms with van der Waals surface area (Å²) in [5.41, 5.74) is 0. The van der Waals surface area contributed by atoms with E-state index in [1.165, 1.54) is 5.92 Å². The van der Waals surface area contributed by atoms with Gasteiger partial charge in [0.2, 0.25) is 0 Å². The second-order valence-electron chi connectivity index (χ2n) is 2.23. The molecule has 61 valence electrons. The van der Waals surface area contributed by atoms with Crippen molar-refractivity contribution in [2.75, 3.05) is 0 Å². The molecule has 0 nitrogen and oxygen atoms in total. The van der Waals surface area contributed by atoms with Crippen LogP contribution < -0.4 is 0 Å². The van der Waals surface area contributed by atoms with Gasteiger partial charge in [0.15, 0.2) is 0 Å². The molecule has 0 unspecified atom stereocenters. The van der Waals surface area contributed by atoms with Gasteiger partial charge in [-0.2, -0.15) is 32.2 Å². The Bertz CT molecular complexity index is 92.8. The van der Waals surface area contributed by atoms with Crippen LogP contribution in [0.5, 0.6) is 0 Å². The fourth-order valence-corrected chi connectivity index (χ4v) is 0.589. The van der Waals surface area contributed by atoms with E-state index < -0.39 is 0 Å². The molecule has 0 fully saturated rings. The van der Waals surface area contributed by atoms with Gasteiger partial charge in [-0.15, -0.1) is 5.38 Å². The van der Waals surface area contributed by atoms with Gasteiger partial charge in [-0.25, -0.2) is 6.07 Å². The van der Waals surface area contributed by atoms with Crippen molar-refractivity contribution in [3.05, 3.63) is 28.8 Å². The SMILES string of the molecule is C[C-](C)C.[Cu+2].[c-]1cccs1. The van der Waals surface area contributed by atoms with E-state index in [0.717, 1.165) is 0 Å². The van der Waals surface area contributed by atoms with Crippen LogP contribution in [0.4, 0.5) is 0 Å². The van der Waals surface area contributed by atoms with Crippen molar-refractivity contribution in [1.29, 1.82) is 0 Å². The van der Waals surface area contributed by atoms with E-state index >= 15 is 0 Å². The van der Waals surface area contributed by atoms with Gasteiger partial charge in [0.05, 0.1) is 0 Å². The van der Waals surface area contributed by atoms with Crippen molar-refractivity contribution >= 4 is 11.3 Å². The van der Waals surface area contributed by atoms with Gasteiger partial charge in [0, 0.05) is 0 Å². The first-order valence-corrected chi connectivity index (χ1v) is 3.77. The van der Waals surface area contributed by atoms with Gasteiger partial charge in [-0.3, -0.25) is 0 Å². The standard InChI is InChI=1S/C4H3S.C4H9.Cu/c1-2-4-5-3-1;1-4(2)3;/h1-3H;1-3H3;/q2*-1;+2. The minimum absolute atomic E-state index is 0. The fraction of sp³-hybridized carbons (Fsp3) is 0.375. The van der Waals surface area contributed by atoms with Crippen LogP contribution in [-0.2, 0) is 17.1 Å². The van der Waals surface area contributed by atoms with E-state index in [9.17, 15) is 0 Å². The summed E-state index contributed by atoms with van der Waals surface area (Å²) < 4.78 is 0. The molecular weight excluding hydrogens is 192 g/mol. The van der Waals surface area contributed by atoms with E-state index in [2.05, 4.69) is 26.2 Å². The predicted octanol–water partition coefficient (Wildman–Crippen LogP) is 3.17. The molecule has 0 saturated heterocycles. The molecule has 0 amide bonds. The van der Waals surface area contributed by atoms with Gasteiger partial charge < -0.3 is 17.3 Å². The minimum Gasteiger partial charge on any atom is -0.323 e. The molecule has 1 rings (SSSR count). The molecule has 0 aliphatic heterocycles. The molecule has 0 spiro atoms. The Morgan fingerprint density at radius 3 is 1.90 bits per heavy atom. The van der Waals surface area contributed by atoms with Crippen molar-refractivity contribution in [3.8, 4) is 0 Å². The Labute approximate surface area is 78.1 Å². The summed E-state index contributed by atoms with van der Waals surface area (Å²) in [4.78, 5) is 0. The molecule has 1 heterocycles. The van der Waals surface area contributed by atoms with Gasteiger partial charge in [-0.05, 0) is 0 Å². The van der Waals surface area contributed by atoms with Crippen molar-refractivity contribution in [2.45, 2.75) is 20.8 Å². The van der Waals surface area contributed by atoms with E-state index in [4.69, 9.17) is 0 Å². The Morgan fingerprint density at radius 2 is 1.80 bits per heavy atom. The second-order valence-corrected chi connectivity index (χ2v) is 2.97. The van der Waals surface area contributed by atoms with Gasteiger partial charge >= 0.3 is 17.1 Å². The van der Waals surface area contributed by atoms with Gasteiger partial charge in [0.25, 0.3) is 0 Å². The minimum atomic E-state index is 0. The maximum atomic E-state index is 2.90. The van der Waals surface area contributed by atoms with Crippen LogP contribution in [-0.4, -0.2) is 0 Å². The molecule has 1 aromatic heterocycles. The van der Waals surface area contributed by atoms with Crippen LogP contribution in [0.1, 0.15) is 20.8 Å². The third kappa shape index (κ3) is 15.7. The Kier molecular flexibility index (Phi) is 11.9. The number of rotatable bonds is 0.